The average Bonchev–Trinajstić information content (AvgIpc) is 3.14. The molecule has 0 N–H and O–H groups in total. The van der Waals surface area contributed by atoms with Crippen LogP contribution in [0.25, 0.3) is 11.8 Å². The van der Waals surface area contributed by atoms with E-state index in [1.165, 1.54) is 7.11 Å². The quantitative estimate of drug-likeness (QED) is 0.510. The molecule has 0 spiro atoms. The normalized spacial score (nSPS) is 15.4. The molecule has 6 heteroatoms. The van der Waals surface area contributed by atoms with Crippen molar-refractivity contribution < 1.29 is 19.1 Å². The van der Waals surface area contributed by atoms with Gasteiger partial charge in [0.2, 0.25) is 0 Å². The van der Waals surface area contributed by atoms with E-state index in [-0.39, 0.29) is 11.8 Å². The number of carbonyl (C=O) groups excluding carboxylic acids is 2. The van der Waals surface area contributed by atoms with Crippen molar-refractivity contribution >= 4 is 18.0 Å². The first-order valence-electron chi connectivity index (χ1n) is 10.4. The van der Waals surface area contributed by atoms with Gasteiger partial charge in [0.1, 0.15) is 5.75 Å². The number of aromatic nitrogens is 1. The number of methoxy groups -OCH3 is 2. The molecule has 2 aromatic rings. The SMILES string of the molecule is COC(=O)C1=C(C)N(CC(C)C)C(=O)/C1=C\c1cc(C)n(-c2ccc(OC)cc2)c1C. The van der Waals surface area contributed by atoms with Gasteiger partial charge in [0.05, 0.1) is 25.4 Å². The van der Waals surface area contributed by atoms with Crippen LogP contribution in [-0.4, -0.2) is 42.1 Å². The van der Waals surface area contributed by atoms with Gasteiger partial charge in [0, 0.05) is 29.3 Å². The maximum atomic E-state index is 13.2. The highest BCUT2D eigenvalue weighted by atomic mass is 16.5. The van der Waals surface area contributed by atoms with Crippen LogP contribution >= 0.6 is 0 Å². The van der Waals surface area contributed by atoms with Crippen molar-refractivity contribution in [1.29, 1.82) is 0 Å². The van der Waals surface area contributed by atoms with E-state index in [0.717, 1.165) is 28.4 Å². The smallest absolute Gasteiger partial charge is 0.340 e. The van der Waals surface area contributed by atoms with Gasteiger partial charge < -0.3 is 18.9 Å². The fourth-order valence-electron chi connectivity index (χ4n) is 4.03. The van der Waals surface area contributed by atoms with Gasteiger partial charge in [-0.2, -0.15) is 0 Å². The van der Waals surface area contributed by atoms with Gasteiger partial charge in [-0.3, -0.25) is 4.79 Å². The number of esters is 1. The summed E-state index contributed by atoms with van der Waals surface area (Å²) in [4.78, 5) is 27.4. The maximum absolute atomic E-state index is 13.2. The predicted octanol–water partition coefficient (Wildman–Crippen LogP) is 4.43. The van der Waals surface area contributed by atoms with E-state index < -0.39 is 5.97 Å². The number of hydrogen-bond acceptors (Lipinski definition) is 4. The van der Waals surface area contributed by atoms with Crippen LogP contribution < -0.4 is 4.74 Å². The van der Waals surface area contributed by atoms with Crippen LogP contribution in [0.2, 0.25) is 0 Å². The van der Waals surface area contributed by atoms with E-state index in [0.29, 0.717) is 23.4 Å². The summed E-state index contributed by atoms with van der Waals surface area (Å²) in [6.07, 6.45) is 1.81. The second-order valence-corrected chi connectivity index (χ2v) is 8.18. The van der Waals surface area contributed by atoms with Crippen molar-refractivity contribution in [2.75, 3.05) is 20.8 Å². The molecule has 1 aromatic heterocycles. The molecule has 1 aliphatic heterocycles. The number of ether oxygens (including phenoxy) is 2. The Morgan fingerprint density at radius 1 is 1.10 bits per heavy atom. The first kappa shape index (κ1) is 22.4. The van der Waals surface area contributed by atoms with Gasteiger partial charge in [0.15, 0.2) is 0 Å². The number of benzene rings is 1. The molecule has 6 nitrogen and oxygen atoms in total. The third kappa shape index (κ3) is 4.15. The Morgan fingerprint density at radius 3 is 2.29 bits per heavy atom. The summed E-state index contributed by atoms with van der Waals surface area (Å²) in [5, 5.41) is 0. The highest BCUT2D eigenvalue weighted by Crippen LogP contribution is 2.33. The van der Waals surface area contributed by atoms with Crippen molar-refractivity contribution in [3.8, 4) is 11.4 Å². The summed E-state index contributed by atoms with van der Waals surface area (Å²) in [7, 11) is 2.98. The van der Waals surface area contributed by atoms with Crippen LogP contribution in [-0.2, 0) is 14.3 Å². The molecule has 0 bridgehead atoms. The van der Waals surface area contributed by atoms with Crippen molar-refractivity contribution in [1.82, 2.24) is 9.47 Å². The number of rotatable bonds is 6. The van der Waals surface area contributed by atoms with Crippen molar-refractivity contribution in [2.45, 2.75) is 34.6 Å². The van der Waals surface area contributed by atoms with E-state index in [4.69, 9.17) is 9.47 Å². The highest BCUT2D eigenvalue weighted by molar-refractivity contribution is 6.16. The number of carbonyl (C=O) groups is 2. The second kappa shape index (κ2) is 8.84. The lowest BCUT2D eigenvalue weighted by molar-refractivity contribution is -0.136. The lowest BCUT2D eigenvalue weighted by atomic mass is 10.0. The maximum Gasteiger partial charge on any atom is 0.340 e. The van der Waals surface area contributed by atoms with Crippen LogP contribution in [0, 0.1) is 19.8 Å². The molecule has 0 aliphatic carbocycles. The fourth-order valence-corrected chi connectivity index (χ4v) is 4.03. The summed E-state index contributed by atoms with van der Waals surface area (Å²) in [5.74, 6) is 0.407. The van der Waals surface area contributed by atoms with Crippen LogP contribution in [0.3, 0.4) is 0 Å². The number of aryl methyl sites for hydroxylation is 1. The first-order chi connectivity index (χ1) is 14.7. The molecule has 1 aliphatic rings. The molecule has 0 saturated carbocycles. The third-order valence-corrected chi connectivity index (χ3v) is 5.55. The van der Waals surface area contributed by atoms with Crippen molar-refractivity contribution in [3.63, 3.8) is 0 Å². The van der Waals surface area contributed by atoms with Crippen LogP contribution in [0.1, 0.15) is 37.7 Å². The molecule has 31 heavy (non-hydrogen) atoms. The fraction of sp³-hybridized carbons (Fsp3) is 0.360. The van der Waals surface area contributed by atoms with Gasteiger partial charge in [0.25, 0.3) is 5.91 Å². The standard InChI is InChI=1S/C25H30N2O4/c1-15(2)14-26-18(5)23(25(29)31-7)22(24(26)28)13-19-12-16(3)27(17(19)4)20-8-10-21(30-6)11-9-20/h8-13,15H,14H2,1-7H3/b22-13-. The minimum atomic E-state index is -0.493. The van der Waals surface area contributed by atoms with E-state index >= 15 is 0 Å². The molecule has 0 unspecified atom stereocenters. The zero-order chi connectivity index (χ0) is 22.9. The molecule has 164 valence electrons. The summed E-state index contributed by atoms with van der Waals surface area (Å²) >= 11 is 0. The third-order valence-electron chi connectivity index (χ3n) is 5.55. The van der Waals surface area contributed by atoms with Crippen LogP contribution in [0.4, 0.5) is 0 Å². The zero-order valence-corrected chi connectivity index (χ0v) is 19.3. The average molecular weight is 423 g/mol. The highest BCUT2D eigenvalue weighted by Gasteiger charge is 2.37. The van der Waals surface area contributed by atoms with Crippen molar-refractivity contribution in [2.24, 2.45) is 5.92 Å². The lowest BCUT2D eigenvalue weighted by Gasteiger charge is -2.19. The monoisotopic (exact) mass is 422 g/mol. The molecule has 0 saturated heterocycles. The van der Waals surface area contributed by atoms with Crippen LogP contribution in [0.5, 0.6) is 5.75 Å². The Bertz CT molecular complexity index is 1070. The molecule has 2 heterocycles. The predicted molar refractivity (Wildman–Crippen MR) is 121 cm³/mol. The molecular formula is C25H30N2O4. The van der Waals surface area contributed by atoms with E-state index in [9.17, 15) is 9.59 Å². The number of nitrogens with zero attached hydrogens (tertiary/aromatic N) is 2. The van der Waals surface area contributed by atoms with E-state index in [2.05, 4.69) is 4.57 Å². The molecule has 0 atom stereocenters. The minimum absolute atomic E-state index is 0.166. The Morgan fingerprint density at radius 2 is 1.74 bits per heavy atom. The van der Waals surface area contributed by atoms with E-state index in [1.807, 2.05) is 58.0 Å². The Balaban J connectivity index is 2.09. The summed E-state index contributed by atoms with van der Waals surface area (Å²) < 4.78 is 12.4. The summed E-state index contributed by atoms with van der Waals surface area (Å²) in [5.41, 5.74) is 5.24. The number of hydrogen-bond donors (Lipinski definition) is 0. The molecule has 3 rings (SSSR count). The van der Waals surface area contributed by atoms with Gasteiger partial charge in [-0.1, -0.05) is 13.8 Å². The Kier molecular flexibility index (Phi) is 6.39. The lowest BCUT2D eigenvalue weighted by Crippen LogP contribution is -2.28. The molecular weight excluding hydrogens is 392 g/mol. The Labute approximate surface area is 183 Å². The zero-order valence-electron chi connectivity index (χ0n) is 19.3. The summed E-state index contributed by atoms with van der Waals surface area (Å²) in [6.45, 7) is 10.5. The van der Waals surface area contributed by atoms with E-state index in [1.54, 1.807) is 25.0 Å². The van der Waals surface area contributed by atoms with Crippen LogP contribution in [0.15, 0.2) is 47.2 Å². The largest absolute Gasteiger partial charge is 0.497 e. The van der Waals surface area contributed by atoms with Gasteiger partial charge in [-0.15, -0.1) is 0 Å². The van der Waals surface area contributed by atoms with Crippen molar-refractivity contribution in [3.05, 3.63) is 64.1 Å². The Hall–Kier alpha value is -3.28. The molecule has 0 radical (unpaired) electrons. The number of amides is 1. The minimum Gasteiger partial charge on any atom is -0.497 e. The molecule has 1 aromatic carbocycles. The van der Waals surface area contributed by atoms with Gasteiger partial charge >= 0.3 is 5.97 Å². The molecule has 0 fully saturated rings. The topological polar surface area (TPSA) is 60.8 Å². The summed E-state index contributed by atoms with van der Waals surface area (Å²) in [6, 6.07) is 9.83. The first-order valence-corrected chi connectivity index (χ1v) is 10.4. The van der Waals surface area contributed by atoms with Gasteiger partial charge in [-0.05, 0) is 68.7 Å². The van der Waals surface area contributed by atoms with Gasteiger partial charge in [-0.25, -0.2) is 4.79 Å². The second-order valence-electron chi connectivity index (χ2n) is 8.18. The molecule has 1 amide bonds. The number of allylic oxidation sites excluding steroid dienone is 1.